The molecule has 116 valence electrons. The Balaban J connectivity index is 1.92. The molecular formula is C16H14BrClO4. The van der Waals surface area contributed by atoms with Crippen LogP contribution in [0.4, 0.5) is 0 Å². The van der Waals surface area contributed by atoms with Crippen LogP contribution in [-0.2, 0) is 0 Å². The minimum absolute atomic E-state index is 0.290. The van der Waals surface area contributed by atoms with Crippen LogP contribution >= 0.6 is 27.5 Å². The van der Waals surface area contributed by atoms with Gasteiger partial charge in [0, 0.05) is 11.1 Å². The predicted octanol–water partition coefficient (Wildman–Crippen LogP) is 4.38. The molecule has 0 fully saturated rings. The van der Waals surface area contributed by atoms with Crippen molar-refractivity contribution in [1.82, 2.24) is 0 Å². The van der Waals surface area contributed by atoms with Gasteiger partial charge in [-0.15, -0.1) is 0 Å². The number of rotatable bonds is 7. The predicted molar refractivity (Wildman–Crippen MR) is 88.5 cm³/mol. The Morgan fingerprint density at radius 1 is 1.14 bits per heavy atom. The van der Waals surface area contributed by atoms with E-state index in [0.717, 1.165) is 5.75 Å². The van der Waals surface area contributed by atoms with Gasteiger partial charge >= 0.3 is 0 Å². The van der Waals surface area contributed by atoms with Gasteiger partial charge in [-0.3, -0.25) is 4.79 Å². The second kappa shape index (κ2) is 8.06. The smallest absolute Gasteiger partial charge is 0.153 e. The van der Waals surface area contributed by atoms with Crippen molar-refractivity contribution in [2.24, 2.45) is 0 Å². The molecule has 0 aliphatic heterocycles. The molecule has 0 N–H and O–H groups in total. The fourth-order valence-electron chi connectivity index (χ4n) is 1.81. The second-order valence-electron chi connectivity index (χ2n) is 4.30. The van der Waals surface area contributed by atoms with Crippen LogP contribution in [0.5, 0.6) is 17.2 Å². The number of carbonyl (C=O) groups is 1. The quantitative estimate of drug-likeness (QED) is 0.524. The zero-order valence-corrected chi connectivity index (χ0v) is 14.2. The summed E-state index contributed by atoms with van der Waals surface area (Å²) >= 11 is 9.22. The lowest BCUT2D eigenvalue weighted by Crippen LogP contribution is -2.10. The number of methoxy groups -OCH3 is 1. The largest absolute Gasteiger partial charge is 0.497 e. The lowest BCUT2D eigenvalue weighted by atomic mass is 10.2. The summed E-state index contributed by atoms with van der Waals surface area (Å²) in [4.78, 5) is 11.1. The highest BCUT2D eigenvalue weighted by Gasteiger charge is 2.10. The van der Waals surface area contributed by atoms with Crippen molar-refractivity contribution in [2.45, 2.75) is 0 Å². The van der Waals surface area contributed by atoms with Gasteiger partial charge in [0.25, 0.3) is 0 Å². The van der Waals surface area contributed by atoms with E-state index in [2.05, 4.69) is 15.9 Å². The number of hydrogen-bond donors (Lipinski definition) is 0. The molecule has 0 radical (unpaired) electrons. The lowest BCUT2D eigenvalue weighted by molar-refractivity contribution is 0.111. The highest BCUT2D eigenvalue weighted by Crippen LogP contribution is 2.31. The van der Waals surface area contributed by atoms with E-state index >= 15 is 0 Å². The Morgan fingerprint density at radius 2 is 1.86 bits per heavy atom. The van der Waals surface area contributed by atoms with Gasteiger partial charge in [0.15, 0.2) is 6.29 Å². The molecule has 0 saturated heterocycles. The number of ether oxygens (including phenoxy) is 3. The summed E-state index contributed by atoms with van der Waals surface area (Å²) in [6.07, 6.45) is 0.703. The Labute approximate surface area is 142 Å². The van der Waals surface area contributed by atoms with Crippen molar-refractivity contribution in [2.75, 3.05) is 20.3 Å². The molecule has 4 nitrogen and oxygen atoms in total. The molecule has 2 rings (SSSR count). The SMILES string of the molecule is COc1cccc(OCCOc2c(Br)cc(Cl)cc2C=O)c1. The van der Waals surface area contributed by atoms with E-state index in [-0.39, 0.29) is 6.61 Å². The van der Waals surface area contributed by atoms with Crippen molar-refractivity contribution >= 4 is 33.8 Å². The van der Waals surface area contributed by atoms with Crippen molar-refractivity contribution in [3.63, 3.8) is 0 Å². The molecule has 0 unspecified atom stereocenters. The summed E-state index contributed by atoms with van der Waals surface area (Å²) in [5.74, 6) is 1.87. The summed E-state index contributed by atoms with van der Waals surface area (Å²) in [6, 6.07) is 10.5. The van der Waals surface area contributed by atoms with E-state index in [9.17, 15) is 4.79 Å². The summed E-state index contributed by atoms with van der Waals surface area (Å²) in [5, 5.41) is 0.467. The van der Waals surface area contributed by atoms with Crippen molar-refractivity contribution in [3.8, 4) is 17.2 Å². The molecule has 0 atom stereocenters. The van der Waals surface area contributed by atoms with Crippen LogP contribution in [0.15, 0.2) is 40.9 Å². The maximum atomic E-state index is 11.1. The average Bonchev–Trinajstić information content (AvgIpc) is 2.52. The first-order valence-electron chi connectivity index (χ1n) is 6.48. The van der Waals surface area contributed by atoms with Crippen LogP contribution in [0.1, 0.15) is 10.4 Å². The first kappa shape index (κ1) is 16.6. The van der Waals surface area contributed by atoms with Gasteiger partial charge in [0.2, 0.25) is 0 Å². The standard InChI is InChI=1S/C16H14BrClO4/c1-20-13-3-2-4-14(9-13)21-5-6-22-16-11(10-19)7-12(18)8-15(16)17/h2-4,7-10H,5-6H2,1H3. The Bertz CT molecular complexity index is 661. The molecule has 2 aromatic carbocycles. The number of aldehydes is 1. The molecule has 0 saturated carbocycles. The molecule has 0 heterocycles. The monoisotopic (exact) mass is 384 g/mol. The summed E-state index contributed by atoms with van der Waals surface area (Å²) in [6.45, 7) is 0.624. The van der Waals surface area contributed by atoms with Gasteiger partial charge in [-0.1, -0.05) is 17.7 Å². The molecule has 22 heavy (non-hydrogen) atoms. The van der Waals surface area contributed by atoms with Crippen molar-refractivity contribution in [3.05, 3.63) is 51.5 Å². The van der Waals surface area contributed by atoms with E-state index in [1.54, 1.807) is 25.3 Å². The van der Waals surface area contributed by atoms with E-state index < -0.39 is 0 Å². The molecule has 0 spiro atoms. The number of benzene rings is 2. The highest BCUT2D eigenvalue weighted by atomic mass is 79.9. The van der Waals surface area contributed by atoms with E-state index in [1.807, 2.05) is 18.2 Å². The maximum absolute atomic E-state index is 11.1. The first-order valence-corrected chi connectivity index (χ1v) is 7.65. The van der Waals surface area contributed by atoms with Crippen LogP contribution in [0.25, 0.3) is 0 Å². The van der Waals surface area contributed by atoms with Gasteiger partial charge < -0.3 is 14.2 Å². The van der Waals surface area contributed by atoms with Gasteiger partial charge in [-0.2, -0.15) is 0 Å². The Morgan fingerprint density at radius 3 is 2.59 bits per heavy atom. The third-order valence-electron chi connectivity index (χ3n) is 2.80. The molecule has 2 aromatic rings. The van der Waals surface area contributed by atoms with Gasteiger partial charge in [-0.25, -0.2) is 0 Å². The van der Waals surface area contributed by atoms with Crippen LogP contribution in [0.3, 0.4) is 0 Å². The van der Waals surface area contributed by atoms with Crippen LogP contribution in [0, 0.1) is 0 Å². The Kier molecular flexibility index (Phi) is 6.10. The zero-order chi connectivity index (χ0) is 15.9. The molecule has 0 aromatic heterocycles. The molecule has 0 aliphatic carbocycles. The van der Waals surface area contributed by atoms with Gasteiger partial charge in [-0.05, 0) is 40.2 Å². The summed E-state index contributed by atoms with van der Waals surface area (Å²) < 4.78 is 16.9. The third-order valence-corrected chi connectivity index (χ3v) is 3.61. The topological polar surface area (TPSA) is 44.8 Å². The molecule has 0 aliphatic rings. The molecule has 0 bridgehead atoms. The zero-order valence-electron chi connectivity index (χ0n) is 11.8. The fraction of sp³-hybridized carbons (Fsp3) is 0.188. The van der Waals surface area contributed by atoms with Crippen LogP contribution in [0.2, 0.25) is 5.02 Å². The normalized spacial score (nSPS) is 10.1. The van der Waals surface area contributed by atoms with Crippen LogP contribution in [-0.4, -0.2) is 26.6 Å². The molecular weight excluding hydrogens is 372 g/mol. The van der Waals surface area contributed by atoms with E-state index in [4.69, 9.17) is 25.8 Å². The minimum Gasteiger partial charge on any atom is -0.497 e. The molecule has 0 amide bonds. The summed E-state index contributed by atoms with van der Waals surface area (Å²) in [5.41, 5.74) is 0.390. The van der Waals surface area contributed by atoms with Crippen LogP contribution < -0.4 is 14.2 Å². The second-order valence-corrected chi connectivity index (χ2v) is 5.59. The lowest BCUT2D eigenvalue weighted by Gasteiger charge is -2.12. The highest BCUT2D eigenvalue weighted by molar-refractivity contribution is 9.10. The van der Waals surface area contributed by atoms with Crippen molar-refractivity contribution in [1.29, 1.82) is 0 Å². The number of hydrogen-bond acceptors (Lipinski definition) is 4. The third kappa shape index (κ3) is 4.39. The van der Waals surface area contributed by atoms with E-state index in [0.29, 0.717) is 39.5 Å². The average molecular weight is 386 g/mol. The minimum atomic E-state index is 0.290. The molecule has 6 heteroatoms. The fourth-order valence-corrected chi connectivity index (χ4v) is 2.76. The summed E-state index contributed by atoms with van der Waals surface area (Å²) in [7, 11) is 1.60. The first-order chi connectivity index (χ1) is 10.6. The van der Waals surface area contributed by atoms with Crippen molar-refractivity contribution < 1.29 is 19.0 Å². The van der Waals surface area contributed by atoms with E-state index in [1.165, 1.54) is 0 Å². The van der Waals surface area contributed by atoms with Gasteiger partial charge in [0.1, 0.15) is 30.5 Å². The number of halogens is 2. The maximum Gasteiger partial charge on any atom is 0.153 e. The number of carbonyl (C=O) groups excluding carboxylic acids is 1. The van der Waals surface area contributed by atoms with Gasteiger partial charge in [0.05, 0.1) is 17.1 Å². The Hall–Kier alpha value is -1.72.